The molecule has 0 amide bonds. The van der Waals surface area contributed by atoms with Gasteiger partial charge >= 0.3 is 0 Å². The van der Waals surface area contributed by atoms with Crippen molar-refractivity contribution in [2.24, 2.45) is 4.99 Å². The monoisotopic (exact) mass is 138 g/mol. The average molecular weight is 138 g/mol. The molecule has 2 heteroatoms. The van der Waals surface area contributed by atoms with Gasteiger partial charge < -0.3 is 4.90 Å². The molecule has 0 aromatic rings. The summed E-state index contributed by atoms with van der Waals surface area (Å²) in [4.78, 5) is 6.25. The number of aliphatic imine (C=N–C) groups is 1. The van der Waals surface area contributed by atoms with Crippen LogP contribution in [0.5, 0.6) is 0 Å². The van der Waals surface area contributed by atoms with Crippen LogP contribution in [0.1, 0.15) is 20.8 Å². The van der Waals surface area contributed by atoms with Gasteiger partial charge in [-0.15, -0.1) is 0 Å². The van der Waals surface area contributed by atoms with Gasteiger partial charge in [-0.2, -0.15) is 0 Å². The second-order valence-electron chi connectivity index (χ2n) is 3.47. The highest BCUT2D eigenvalue weighted by atomic mass is 15.2. The molecule has 0 aromatic heterocycles. The highest BCUT2D eigenvalue weighted by Crippen LogP contribution is 2.11. The molecule has 0 aliphatic carbocycles. The molecule has 0 spiro atoms. The lowest BCUT2D eigenvalue weighted by Gasteiger charge is -2.33. The molecule has 10 heavy (non-hydrogen) atoms. The van der Waals surface area contributed by atoms with E-state index in [1.165, 1.54) is 0 Å². The molecule has 0 saturated heterocycles. The maximum absolute atomic E-state index is 4.05. The second kappa shape index (κ2) is 2.45. The minimum Gasteiger partial charge on any atom is -0.354 e. The molecule has 0 fully saturated rings. The van der Waals surface area contributed by atoms with E-state index < -0.39 is 0 Å². The van der Waals surface area contributed by atoms with E-state index in [1.54, 1.807) is 0 Å². The Balaban J connectivity index is 2.60. The van der Waals surface area contributed by atoms with E-state index in [0.717, 1.165) is 6.54 Å². The molecular weight excluding hydrogens is 124 g/mol. The summed E-state index contributed by atoms with van der Waals surface area (Å²) in [5.74, 6) is 0. The lowest BCUT2D eigenvalue weighted by molar-refractivity contribution is 0.264. The first-order valence-electron chi connectivity index (χ1n) is 3.56. The second-order valence-corrected chi connectivity index (χ2v) is 3.47. The molecular formula is C8H14N2. The van der Waals surface area contributed by atoms with Crippen molar-refractivity contribution < 1.29 is 0 Å². The van der Waals surface area contributed by atoms with Crippen LogP contribution in [-0.4, -0.2) is 23.3 Å². The first-order chi connectivity index (χ1) is 4.61. The summed E-state index contributed by atoms with van der Waals surface area (Å²) >= 11 is 0. The summed E-state index contributed by atoms with van der Waals surface area (Å²) in [6.45, 7) is 7.52. The van der Waals surface area contributed by atoms with Gasteiger partial charge in [0.2, 0.25) is 0 Å². The number of hydrogen-bond acceptors (Lipinski definition) is 2. The molecule has 0 radical (unpaired) electrons. The Labute approximate surface area is 62.3 Å². The fourth-order valence-corrected chi connectivity index (χ4v) is 0.835. The average Bonchev–Trinajstić information content (AvgIpc) is 1.88. The molecule has 0 atom stereocenters. The molecule has 1 aliphatic rings. The van der Waals surface area contributed by atoms with E-state index in [1.807, 2.05) is 12.5 Å². The minimum absolute atomic E-state index is 0.203. The van der Waals surface area contributed by atoms with Crippen molar-refractivity contribution in [1.82, 2.24) is 4.90 Å². The number of rotatable bonds is 0. The molecule has 0 N–H and O–H groups in total. The van der Waals surface area contributed by atoms with Crippen molar-refractivity contribution in [2.75, 3.05) is 6.54 Å². The van der Waals surface area contributed by atoms with Gasteiger partial charge in [0, 0.05) is 18.3 Å². The summed E-state index contributed by atoms with van der Waals surface area (Å²) in [5, 5.41) is 0. The Morgan fingerprint density at radius 3 is 2.40 bits per heavy atom. The highest BCUT2D eigenvalue weighted by molar-refractivity contribution is 5.58. The third-order valence-electron chi connectivity index (χ3n) is 1.56. The van der Waals surface area contributed by atoms with Gasteiger partial charge in [-0.1, -0.05) is 0 Å². The third kappa shape index (κ3) is 1.59. The van der Waals surface area contributed by atoms with Crippen LogP contribution >= 0.6 is 0 Å². The van der Waals surface area contributed by atoms with Crippen molar-refractivity contribution >= 4 is 6.34 Å². The quantitative estimate of drug-likeness (QED) is 0.497. The summed E-state index contributed by atoms with van der Waals surface area (Å²) in [6.07, 6.45) is 5.79. The maximum Gasteiger partial charge on any atom is 0.0911 e. The lowest BCUT2D eigenvalue weighted by atomic mass is 10.1. The largest absolute Gasteiger partial charge is 0.354 e. The minimum atomic E-state index is 0.203. The summed E-state index contributed by atoms with van der Waals surface area (Å²) in [5.41, 5.74) is 0.203. The van der Waals surface area contributed by atoms with Crippen LogP contribution in [0, 0.1) is 0 Å². The fraction of sp³-hybridized carbons (Fsp3) is 0.625. The van der Waals surface area contributed by atoms with Crippen molar-refractivity contribution in [2.45, 2.75) is 26.3 Å². The van der Waals surface area contributed by atoms with Gasteiger partial charge in [-0.25, -0.2) is 4.99 Å². The molecule has 0 aromatic carbocycles. The van der Waals surface area contributed by atoms with Crippen LogP contribution < -0.4 is 0 Å². The van der Waals surface area contributed by atoms with Crippen LogP contribution in [0.15, 0.2) is 17.3 Å². The maximum atomic E-state index is 4.05. The molecule has 1 aliphatic heterocycles. The number of hydrogen-bond donors (Lipinski definition) is 0. The van der Waals surface area contributed by atoms with Gasteiger partial charge in [0.1, 0.15) is 0 Å². The van der Waals surface area contributed by atoms with Crippen LogP contribution in [0.3, 0.4) is 0 Å². The number of nitrogens with zero attached hydrogens (tertiary/aromatic N) is 2. The standard InChI is InChI=1S/C8H14N2/c1-8(2,3)10-6-4-5-9-7-10/h4-5,7H,6H2,1-3H3. The predicted molar refractivity (Wildman–Crippen MR) is 44.1 cm³/mol. The summed E-state index contributed by atoms with van der Waals surface area (Å²) in [6, 6.07) is 0. The molecule has 1 heterocycles. The normalized spacial score (nSPS) is 18.1. The first kappa shape index (κ1) is 7.32. The fourth-order valence-electron chi connectivity index (χ4n) is 0.835. The van der Waals surface area contributed by atoms with E-state index in [-0.39, 0.29) is 5.54 Å². The van der Waals surface area contributed by atoms with Gasteiger partial charge in [-0.05, 0) is 26.8 Å². The molecule has 56 valence electrons. The van der Waals surface area contributed by atoms with Crippen LogP contribution in [0.4, 0.5) is 0 Å². The zero-order valence-electron chi connectivity index (χ0n) is 6.83. The Morgan fingerprint density at radius 2 is 2.10 bits per heavy atom. The smallest absolute Gasteiger partial charge is 0.0911 e. The molecule has 1 rings (SSSR count). The van der Waals surface area contributed by atoms with Crippen LogP contribution in [-0.2, 0) is 0 Å². The molecule has 0 saturated carbocycles. The van der Waals surface area contributed by atoms with Gasteiger partial charge in [-0.3, -0.25) is 0 Å². The van der Waals surface area contributed by atoms with Crippen molar-refractivity contribution in [3.8, 4) is 0 Å². The highest BCUT2D eigenvalue weighted by Gasteiger charge is 2.17. The predicted octanol–water partition coefficient (Wildman–Crippen LogP) is 1.64. The zero-order chi connectivity index (χ0) is 7.61. The Bertz CT molecular complexity index is 163. The van der Waals surface area contributed by atoms with E-state index in [2.05, 4.69) is 36.7 Å². The molecule has 2 nitrogen and oxygen atoms in total. The van der Waals surface area contributed by atoms with Crippen molar-refractivity contribution in [1.29, 1.82) is 0 Å². The summed E-state index contributed by atoms with van der Waals surface area (Å²) < 4.78 is 0. The van der Waals surface area contributed by atoms with E-state index in [9.17, 15) is 0 Å². The van der Waals surface area contributed by atoms with Gasteiger partial charge in [0.15, 0.2) is 0 Å². The Morgan fingerprint density at radius 1 is 1.40 bits per heavy atom. The Hall–Kier alpha value is -0.790. The zero-order valence-corrected chi connectivity index (χ0v) is 6.83. The van der Waals surface area contributed by atoms with Crippen molar-refractivity contribution in [3.63, 3.8) is 0 Å². The molecule has 0 unspecified atom stereocenters. The van der Waals surface area contributed by atoms with E-state index in [0.29, 0.717) is 0 Å². The van der Waals surface area contributed by atoms with E-state index >= 15 is 0 Å². The van der Waals surface area contributed by atoms with Gasteiger partial charge in [0.05, 0.1) is 6.34 Å². The Kier molecular flexibility index (Phi) is 1.79. The summed E-state index contributed by atoms with van der Waals surface area (Å²) in [7, 11) is 0. The van der Waals surface area contributed by atoms with Gasteiger partial charge in [0.25, 0.3) is 0 Å². The third-order valence-corrected chi connectivity index (χ3v) is 1.56. The first-order valence-corrected chi connectivity index (χ1v) is 3.56. The van der Waals surface area contributed by atoms with Crippen LogP contribution in [0.2, 0.25) is 0 Å². The topological polar surface area (TPSA) is 15.6 Å². The SMILES string of the molecule is CC(C)(C)N1C=NC=CC1. The van der Waals surface area contributed by atoms with Crippen molar-refractivity contribution in [3.05, 3.63) is 12.3 Å². The van der Waals surface area contributed by atoms with Crippen LogP contribution in [0.25, 0.3) is 0 Å². The lowest BCUT2D eigenvalue weighted by Crippen LogP contribution is -2.41. The molecule has 0 bridgehead atoms. The van der Waals surface area contributed by atoms with E-state index in [4.69, 9.17) is 0 Å².